The van der Waals surface area contributed by atoms with E-state index in [4.69, 9.17) is 0 Å². The average Bonchev–Trinajstić information content (AvgIpc) is 3.13. The van der Waals surface area contributed by atoms with E-state index in [9.17, 15) is 4.79 Å². The summed E-state index contributed by atoms with van der Waals surface area (Å²) in [6, 6.07) is 8.24. The molecule has 1 amide bonds. The second-order valence-corrected chi connectivity index (χ2v) is 8.73. The second-order valence-electron chi connectivity index (χ2n) is 8.73. The number of likely N-dealkylation sites (tertiary alicyclic amines) is 1. The van der Waals surface area contributed by atoms with Crippen LogP contribution in [0, 0.1) is 11.8 Å². The number of aliphatic imine (C=N–C) groups is 1. The highest BCUT2D eigenvalue weighted by atomic mass is 16.2. The highest BCUT2D eigenvalue weighted by molar-refractivity contribution is 5.95. The van der Waals surface area contributed by atoms with Crippen LogP contribution in [-0.4, -0.2) is 56.5 Å². The Morgan fingerprint density at radius 3 is 2.48 bits per heavy atom. The predicted molar refractivity (Wildman–Crippen MR) is 120 cm³/mol. The van der Waals surface area contributed by atoms with Gasteiger partial charge in [0.25, 0.3) is 0 Å². The molecule has 2 saturated heterocycles. The summed E-state index contributed by atoms with van der Waals surface area (Å²) in [5.74, 6) is 2.70. The fourth-order valence-corrected chi connectivity index (χ4v) is 4.61. The van der Waals surface area contributed by atoms with E-state index in [2.05, 4.69) is 46.5 Å². The third-order valence-corrected chi connectivity index (χ3v) is 5.89. The molecule has 2 aliphatic heterocycles. The molecule has 6 heteroatoms. The van der Waals surface area contributed by atoms with E-state index in [1.807, 2.05) is 24.1 Å². The molecule has 2 heterocycles. The van der Waals surface area contributed by atoms with E-state index in [0.29, 0.717) is 6.42 Å². The molecule has 0 aromatic heterocycles. The van der Waals surface area contributed by atoms with Crippen molar-refractivity contribution in [2.75, 3.05) is 44.7 Å². The maximum Gasteiger partial charge on any atom is 0.227 e. The molecule has 2 unspecified atom stereocenters. The Balaban J connectivity index is 1.36. The molecular weight excluding hydrogens is 362 g/mol. The molecule has 6 nitrogen and oxygen atoms in total. The van der Waals surface area contributed by atoms with Gasteiger partial charge in [0.2, 0.25) is 5.91 Å². The van der Waals surface area contributed by atoms with Gasteiger partial charge in [-0.2, -0.15) is 0 Å². The van der Waals surface area contributed by atoms with Crippen molar-refractivity contribution < 1.29 is 4.79 Å². The van der Waals surface area contributed by atoms with Gasteiger partial charge in [-0.05, 0) is 55.3 Å². The molecule has 2 fully saturated rings. The number of hydrogen-bond donors (Lipinski definition) is 2. The molecular formula is C23H37N5O. The summed E-state index contributed by atoms with van der Waals surface area (Å²) in [5, 5.41) is 6.80. The van der Waals surface area contributed by atoms with Crippen LogP contribution in [0.5, 0.6) is 0 Å². The maximum absolute atomic E-state index is 11.9. The minimum absolute atomic E-state index is 0.231. The molecule has 29 heavy (non-hydrogen) atoms. The number of nitrogens with zero attached hydrogens (tertiary/aromatic N) is 3. The van der Waals surface area contributed by atoms with Crippen molar-refractivity contribution in [2.45, 2.75) is 46.1 Å². The standard InChI is InChI=1S/C23H37N5O/c1-18-14-19(2)17-27(16-18)12-5-11-25-23(24-3)26-15-20-7-9-21(10-8-20)28-13-4-6-22(28)29/h7-10,18-19H,4-6,11-17H2,1-3H3,(H2,24,25,26). The van der Waals surface area contributed by atoms with Gasteiger partial charge < -0.3 is 20.4 Å². The number of amides is 1. The van der Waals surface area contributed by atoms with E-state index in [-0.39, 0.29) is 5.91 Å². The van der Waals surface area contributed by atoms with Crippen molar-refractivity contribution in [2.24, 2.45) is 16.8 Å². The van der Waals surface area contributed by atoms with Crippen molar-refractivity contribution in [1.82, 2.24) is 15.5 Å². The fourth-order valence-electron chi connectivity index (χ4n) is 4.61. The van der Waals surface area contributed by atoms with Crippen LogP contribution in [0.15, 0.2) is 29.3 Å². The fraction of sp³-hybridized carbons (Fsp3) is 0.652. The van der Waals surface area contributed by atoms with Gasteiger partial charge in [-0.3, -0.25) is 9.79 Å². The van der Waals surface area contributed by atoms with Crippen LogP contribution < -0.4 is 15.5 Å². The van der Waals surface area contributed by atoms with Gasteiger partial charge in [-0.25, -0.2) is 0 Å². The summed E-state index contributed by atoms with van der Waals surface area (Å²) < 4.78 is 0. The summed E-state index contributed by atoms with van der Waals surface area (Å²) in [6.07, 6.45) is 4.11. The SMILES string of the molecule is CN=C(NCCCN1CC(C)CC(C)C1)NCc1ccc(N2CCCC2=O)cc1. The summed E-state index contributed by atoms with van der Waals surface area (Å²) >= 11 is 0. The van der Waals surface area contributed by atoms with Gasteiger partial charge in [0.05, 0.1) is 0 Å². The lowest BCUT2D eigenvalue weighted by atomic mass is 9.92. The number of guanidine groups is 1. The van der Waals surface area contributed by atoms with Crippen LogP contribution in [0.25, 0.3) is 0 Å². The number of rotatable bonds is 7. The Morgan fingerprint density at radius 2 is 1.86 bits per heavy atom. The van der Waals surface area contributed by atoms with Crippen molar-refractivity contribution in [3.8, 4) is 0 Å². The van der Waals surface area contributed by atoms with Crippen molar-refractivity contribution in [3.63, 3.8) is 0 Å². The largest absolute Gasteiger partial charge is 0.356 e. The third-order valence-electron chi connectivity index (χ3n) is 5.89. The third kappa shape index (κ3) is 6.46. The van der Waals surface area contributed by atoms with Gasteiger partial charge >= 0.3 is 0 Å². The molecule has 2 N–H and O–H groups in total. The molecule has 3 rings (SSSR count). The first-order valence-electron chi connectivity index (χ1n) is 11.1. The van der Waals surface area contributed by atoms with E-state index >= 15 is 0 Å². The number of carbonyl (C=O) groups is 1. The molecule has 0 bridgehead atoms. The predicted octanol–water partition coefficient (Wildman–Crippen LogP) is 2.85. The highest BCUT2D eigenvalue weighted by Crippen LogP contribution is 2.22. The zero-order valence-corrected chi connectivity index (χ0v) is 18.3. The normalized spacial score (nSPS) is 23.5. The zero-order chi connectivity index (χ0) is 20.6. The van der Waals surface area contributed by atoms with Gasteiger partial charge in [-0.1, -0.05) is 26.0 Å². The number of hydrogen-bond acceptors (Lipinski definition) is 3. The number of carbonyl (C=O) groups excluding carboxylic acids is 1. The first-order chi connectivity index (χ1) is 14.0. The van der Waals surface area contributed by atoms with Crippen molar-refractivity contribution in [3.05, 3.63) is 29.8 Å². The lowest BCUT2D eigenvalue weighted by molar-refractivity contribution is -0.117. The van der Waals surface area contributed by atoms with Crippen LogP contribution in [0.1, 0.15) is 45.1 Å². The van der Waals surface area contributed by atoms with E-state index < -0.39 is 0 Å². The zero-order valence-electron chi connectivity index (χ0n) is 18.3. The molecule has 1 aromatic carbocycles. The molecule has 0 aliphatic carbocycles. The lowest BCUT2D eigenvalue weighted by Crippen LogP contribution is -2.41. The average molecular weight is 400 g/mol. The van der Waals surface area contributed by atoms with Crippen LogP contribution >= 0.6 is 0 Å². The quantitative estimate of drug-likeness (QED) is 0.421. The molecule has 2 aliphatic rings. The smallest absolute Gasteiger partial charge is 0.227 e. The Kier molecular flexibility index (Phi) is 7.92. The molecule has 0 saturated carbocycles. The monoisotopic (exact) mass is 399 g/mol. The molecule has 2 atom stereocenters. The Bertz CT molecular complexity index is 677. The van der Waals surface area contributed by atoms with Gasteiger partial charge in [0.1, 0.15) is 0 Å². The molecule has 0 radical (unpaired) electrons. The summed E-state index contributed by atoms with van der Waals surface area (Å²) in [4.78, 5) is 20.7. The van der Waals surface area contributed by atoms with Gasteiger partial charge in [0, 0.05) is 51.9 Å². The Labute approximate surface area is 175 Å². The van der Waals surface area contributed by atoms with Crippen LogP contribution in [0.2, 0.25) is 0 Å². The molecule has 1 aromatic rings. The molecule has 0 spiro atoms. The highest BCUT2D eigenvalue weighted by Gasteiger charge is 2.22. The van der Waals surface area contributed by atoms with Crippen molar-refractivity contribution in [1.29, 1.82) is 0 Å². The minimum Gasteiger partial charge on any atom is -0.356 e. The number of nitrogens with one attached hydrogen (secondary N) is 2. The summed E-state index contributed by atoms with van der Waals surface area (Å²) in [5.41, 5.74) is 2.18. The Morgan fingerprint density at radius 1 is 1.14 bits per heavy atom. The van der Waals surface area contributed by atoms with Gasteiger partial charge in [0.15, 0.2) is 5.96 Å². The number of benzene rings is 1. The maximum atomic E-state index is 11.9. The van der Waals surface area contributed by atoms with Crippen LogP contribution in [0.4, 0.5) is 5.69 Å². The summed E-state index contributed by atoms with van der Waals surface area (Å²) in [7, 11) is 1.81. The topological polar surface area (TPSA) is 60.0 Å². The van der Waals surface area contributed by atoms with Crippen LogP contribution in [-0.2, 0) is 11.3 Å². The first-order valence-corrected chi connectivity index (χ1v) is 11.1. The van der Waals surface area contributed by atoms with Crippen LogP contribution in [0.3, 0.4) is 0 Å². The molecule has 160 valence electrons. The lowest BCUT2D eigenvalue weighted by Gasteiger charge is -2.35. The Hall–Kier alpha value is -2.08. The second kappa shape index (κ2) is 10.6. The first kappa shape index (κ1) is 21.6. The van der Waals surface area contributed by atoms with E-state index in [1.54, 1.807) is 0 Å². The van der Waals surface area contributed by atoms with E-state index in [0.717, 1.165) is 62.5 Å². The van der Waals surface area contributed by atoms with Crippen molar-refractivity contribution >= 4 is 17.6 Å². The van der Waals surface area contributed by atoms with Gasteiger partial charge in [-0.15, -0.1) is 0 Å². The summed E-state index contributed by atoms with van der Waals surface area (Å²) in [6.45, 7) is 10.8. The number of anilines is 1. The number of piperidine rings is 1. The van der Waals surface area contributed by atoms with E-state index in [1.165, 1.54) is 25.1 Å². The minimum atomic E-state index is 0.231.